The van der Waals surface area contributed by atoms with E-state index in [-0.39, 0.29) is 24.2 Å². The Kier molecular flexibility index (Phi) is 6.77. The third-order valence-corrected chi connectivity index (χ3v) is 5.61. The standard InChI is InChI=1S/C22H26N4O2.ClH/c1-25-20-5-3-2-4-19(20)21(24-25)23-22(28)17-11-14-26(15-12-17)13-10-16-6-8-18(27)9-7-16;/h2-9,17,27H,10-15H2,1H3,(H,23,24,28);1H. The summed E-state index contributed by atoms with van der Waals surface area (Å²) in [5.41, 5.74) is 2.24. The first kappa shape index (κ1) is 21.1. The number of phenolic OH excluding ortho intramolecular Hbond substituents is 1. The summed E-state index contributed by atoms with van der Waals surface area (Å²) in [5, 5.41) is 17.8. The lowest BCUT2D eigenvalue weighted by atomic mass is 9.95. The summed E-state index contributed by atoms with van der Waals surface area (Å²) < 4.78 is 1.80. The van der Waals surface area contributed by atoms with E-state index in [2.05, 4.69) is 15.3 Å². The summed E-state index contributed by atoms with van der Waals surface area (Å²) in [4.78, 5) is 15.1. The number of para-hydroxylation sites is 1. The number of rotatable bonds is 5. The van der Waals surface area contributed by atoms with E-state index in [4.69, 9.17) is 0 Å². The summed E-state index contributed by atoms with van der Waals surface area (Å²) in [6.07, 6.45) is 2.69. The van der Waals surface area contributed by atoms with Gasteiger partial charge in [0.05, 0.1) is 5.52 Å². The maximum Gasteiger partial charge on any atom is 0.228 e. The second-order valence-electron chi connectivity index (χ2n) is 7.51. The molecular formula is C22H27ClN4O2. The first-order valence-electron chi connectivity index (χ1n) is 9.83. The number of phenols is 1. The van der Waals surface area contributed by atoms with Crippen LogP contribution in [-0.4, -0.2) is 45.3 Å². The molecule has 7 heteroatoms. The maximum absolute atomic E-state index is 12.7. The van der Waals surface area contributed by atoms with Crippen molar-refractivity contribution in [3.8, 4) is 5.75 Å². The summed E-state index contributed by atoms with van der Waals surface area (Å²) in [5.74, 6) is 1.06. The summed E-state index contributed by atoms with van der Waals surface area (Å²) in [6, 6.07) is 15.3. The van der Waals surface area contributed by atoms with Crippen molar-refractivity contribution in [1.29, 1.82) is 0 Å². The van der Waals surface area contributed by atoms with Gasteiger partial charge in [0.2, 0.25) is 5.91 Å². The molecule has 0 atom stereocenters. The van der Waals surface area contributed by atoms with Crippen LogP contribution in [0.25, 0.3) is 10.9 Å². The molecule has 0 saturated carbocycles. The molecule has 29 heavy (non-hydrogen) atoms. The van der Waals surface area contributed by atoms with Gasteiger partial charge >= 0.3 is 0 Å². The average molecular weight is 415 g/mol. The number of carbonyl (C=O) groups excluding carboxylic acids is 1. The predicted octanol–water partition coefficient (Wildman–Crippen LogP) is 3.59. The number of carbonyl (C=O) groups is 1. The van der Waals surface area contributed by atoms with Crippen molar-refractivity contribution in [2.24, 2.45) is 13.0 Å². The topological polar surface area (TPSA) is 70.4 Å². The van der Waals surface area contributed by atoms with Crippen LogP contribution in [0.1, 0.15) is 18.4 Å². The van der Waals surface area contributed by atoms with Gasteiger partial charge in [-0.2, -0.15) is 5.10 Å². The Labute approximate surface area is 176 Å². The molecule has 154 valence electrons. The number of piperidine rings is 1. The highest BCUT2D eigenvalue weighted by Gasteiger charge is 2.25. The molecule has 1 amide bonds. The van der Waals surface area contributed by atoms with Crippen molar-refractivity contribution in [1.82, 2.24) is 14.7 Å². The van der Waals surface area contributed by atoms with Crippen LogP contribution in [0.2, 0.25) is 0 Å². The fourth-order valence-corrected chi connectivity index (χ4v) is 3.89. The van der Waals surface area contributed by atoms with Crippen molar-refractivity contribution in [3.63, 3.8) is 0 Å². The van der Waals surface area contributed by atoms with Gasteiger partial charge in [0.15, 0.2) is 5.82 Å². The molecule has 0 unspecified atom stereocenters. The highest BCUT2D eigenvalue weighted by molar-refractivity contribution is 6.00. The maximum atomic E-state index is 12.7. The molecule has 4 rings (SSSR count). The van der Waals surface area contributed by atoms with Crippen LogP contribution in [0, 0.1) is 5.92 Å². The average Bonchev–Trinajstić information content (AvgIpc) is 3.04. The van der Waals surface area contributed by atoms with Crippen LogP contribution in [-0.2, 0) is 18.3 Å². The number of aromatic hydroxyl groups is 1. The molecule has 3 aromatic rings. The predicted molar refractivity (Wildman–Crippen MR) is 118 cm³/mol. The monoisotopic (exact) mass is 414 g/mol. The second-order valence-corrected chi connectivity index (χ2v) is 7.51. The number of aryl methyl sites for hydroxylation is 1. The molecule has 1 aromatic heterocycles. The third-order valence-electron chi connectivity index (χ3n) is 5.61. The van der Waals surface area contributed by atoms with Gasteiger partial charge in [0.25, 0.3) is 0 Å². The Balaban J connectivity index is 0.00000240. The van der Waals surface area contributed by atoms with Crippen LogP contribution >= 0.6 is 12.4 Å². The van der Waals surface area contributed by atoms with Crippen molar-refractivity contribution in [2.45, 2.75) is 19.3 Å². The van der Waals surface area contributed by atoms with Crippen molar-refractivity contribution in [3.05, 3.63) is 54.1 Å². The van der Waals surface area contributed by atoms with Gasteiger partial charge in [0, 0.05) is 24.9 Å². The van der Waals surface area contributed by atoms with E-state index in [0.717, 1.165) is 49.8 Å². The van der Waals surface area contributed by atoms with Crippen LogP contribution in [0.4, 0.5) is 5.82 Å². The van der Waals surface area contributed by atoms with Crippen LogP contribution in [0.3, 0.4) is 0 Å². The zero-order valence-electron chi connectivity index (χ0n) is 16.5. The summed E-state index contributed by atoms with van der Waals surface area (Å²) in [7, 11) is 1.89. The number of aromatic nitrogens is 2. The number of nitrogens with one attached hydrogen (secondary N) is 1. The largest absolute Gasteiger partial charge is 0.508 e. The molecule has 1 fully saturated rings. The van der Waals surface area contributed by atoms with E-state index in [1.807, 2.05) is 43.4 Å². The minimum atomic E-state index is 0. The molecule has 0 radical (unpaired) electrons. The van der Waals surface area contributed by atoms with E-state index in [1.54, 1.807) is 16.8 Å². The molecule has 0 bridgehead atoms. The molecule has 2 heterocycles. The molecule has 0 spiro atoms. The molecule has 1 aliphatic heterocycles. The number of benzene rings is 2. The van der Waals surface area contributed by atoms with Gasteiger partial charge in [-0.1, -0.05) is 24.3 Å². The van der Waals surface area contributed by atoms with Crippen LogP contribution in [0.15, 0.2) is 48.5 Å². The van der Waals surface area contributed by atoms with E-state index in [9.17, 15) is 9.90 Å². The number of fused-ring (bicyclic) bond motifs is 1. The fourth-order valence-electron chi connectivity index (χ4n) is 3.89. The number of hydrogen-bond donors (Lipinski definition) is 2. The lowest BCUT2D eigenvalue weighted by Gasteiger charge is -2.31. The zero-order chi connectivity index (χ0) is 19.5. The SMILES string of the molecule is Cl.Cn1nc(NC(=O)C2CCN(CCc3ccc(O)cc3)CC2)c2ccccc21. The fraction of sp³-hybridized carbons (Fsp3) is 0.364. The van der Waals surface area contributed by atoms with Gasteiger partial charge in [-0.05, 0) is 62.2 Å². The molecule has 1 aliphatic rings. The Morgan fingerprint density at radius 1 is 1.14 bits per heavy atom. The lowest BCUT2D eigenvalue weighted by Crippen LogP contribution is -2.39. The Morgan fingerprint density at radius 3 is 2.55 bits per heavy atom. The highest BCUT2D eigenvalue weighted by Crippen LogP contribution is 2.24. The van der Waals surface area contributed by atoms with E-state index in [1.165, 1.54) is 5.56 Å². The van der Waals surface area contributed by atoms with Crippen LogP contribution < -0.4 is 5.32 Å². The Morgan fingerprint density at radius 2 is 1.83 bits per heavy atom. The normalized spacial score (nSPS) is 15.2. The van der Waals surface area contributed by atoms with Crippen molar-refractivity contribution < 1.29 is 9.90 Å². The van der Waals surface area contributed by atoms with E-state index >= 15 is 0 Å². The molecule has 2 aromatic carbocycles. The third kappa shape index (κ3) is 4.89. The van der Waals surface area contributed by atoms with Crippen molar-refractivity contribution >= 4 is 35.0 Å². The summed E-state index contributed by atoms with van der Waals surface area (Å²) in [6.45, 7) is 2.84. The Bertz CT molecular complexity index is 963. The first-order valence-corrected chi connectivity index (χ1v) is 9.83. The summed E-state index contributed by atoms with van der Waals surface area (Å²) >= 11 is 0. The molecular weight excluding hydrogens is 388 g/mol. The molecule has 2 N–H and O–H groups in total. The minimum absolute atomic E-state index is 0. The number of hydrogen-bond acceptors (Lipinski definition) is 4. The zero-order valence-corrected chi connectivity index (χ0v) is 17.4. The quantitative estimate of drug-likeness (QED) is 0.669. The van der Waals surface area contributed by atoms with E-state index < -0.39 is 0 Å². The van der Waals surface area contributed by atoms with Gasteiger partial charge < -0.3 is 15.3 Å². The number of anilines is 1. The van der Waals surface area contributed by atoms with Gasteiger partial charge in [-0.25, -0.2) is 0 Å². The number of halogens is 1. The first-order chi connectivity index (χ1) is 13.6. The van der Waals surface area contributed by atoms with Gasteiger partial charge in [-0.15, -0.1) is 12.4 Å². The molecule has 6 nitrogen and oxygen atoms in total. The molecule has 1 saturated heterocycles. The Hall–Kier alpha value is -2.57. The minimum Gasteiger partial charge on any atom is -0.508 e. The smallest absolute Gasteiger partial charge is 0.228 e. The number of amides is 1. The highest BCUT2D eigenvalue weighted by atomic mass is 35.5. The van der Waals surface area contributed by atoms with Crippen LogP contribution in [0.5, 0.6) is 5.75 Å². The number of nitrogens with zero attached hydrogens (tertiary/aromatic N) is 3. The van der Waals surface area contributed by atoms with Crippen molar-refractivity contribution in [2.75, 3.05) is 25.0 Å². The van der Waals surface area contributed by atoms with Gasteiger partial charge in [0.1, 0.15) is 5.75 Å². The lowest BCUT2D eigenvalue weighted by molar-refractivity contribution is -0.121. The van der Waals surface area contributed by atoms with Gasteiger partial charge in [-0.3, -0.25) is 9.48 Å². The second kappa shape index (κ2) is 9.29. The molecule has 0 aliphatic carbocycles. The number of likely N-dealkylation sites (tertiary alicyclic amines) is 1. The van der Waals surface area contributed by atoms with E-state index in [0.29, 0.717) is 11.6 Å².